The van der Waals surface area contributed by atoms with Crippen molar-refractivity contribution in [3.63, 3.8) is 0 Å². The smallest absolute Gasteiger partial charge is 0.416 e. The van der Waals surface area contributed by atoms with Crippen LogP contribution in [-0.4, -0.2) is 29.2 Å². The second-order valence-corrected chi connectivity index (χ2v) is 6.37. The fraction of sp³-hybridized carbons (Fsp3) is 0.368. The molecule has 0 aromatic heterocycles. The Hall–Kier alpha value is -2.21. The maximum Gasteiger partial charge on any atom is 0.416 e. The van der Waals surface area contributed by atoms with Gasteiger partial charge in [0.25, 0.3) is 0 Å². The van der Waals surface area contributed by atoms with Gasteiger partial charge in [-0.05, 0) is 48.9 Å². The molecule has 0 aliphatic carbocycles. The lowest BCUT2D eigenvalue weighted by atomic mass is 10.1. The van der Waals surface area contributed by atoms with Crippen LogP contribution in [0.5, 0.6) is 17.2 Å². The van der Waals surface area contributed by atoms with Crippen molar-refractivity contribution in [2.75, 3.05) is 6.61 Å². The van der Waals surface area contributed by atoms with Crippen LogP contribution >= 0.6 is 12.4 Å². The predicted octanol–water partition coefficient (Wildman–Crippen LogP) is 4.74. The van der Waals surface area contributed by atoms with Gasteiger partial charge in [-0.3, -0.25) is 5.73 Å². The van der Waals surface area contributed by atoms with Crippen LogP contribution in [0.3, 0.4) is 0 Å². The monoisotopic (exact) mass is 475 g/mol. The van der Waals surface area contributed by atoms with Gasteiger partial charge in [-0.1, -0.05) is 0 Å². The summed E-state index contributed by atoms with van der Waals surface area (Å²) >= 11 is 0. The number of aliphatic hydroxyl groups excluding tert-OH is 2. The third-order valence-corrected chi connectivity index (χ3v) is 3.87. The summed E-state index contributed by atoms with van der Waals surface area (Å²) in [6, 6.07) is 6.21. The molecule has 4 N–H and O–H groups in total. The topological polar surface area (TPSA) is 84.9 Å². The molecule has 0 aliphatic rings. The Morgan fingerprint density at radius 1 is 0.839 bits per heavy atom. The van der Waals surface area contributed by atoms with Gasteiger partial charge < -0.3 is 19.7 Å². The van der Waals surface area contributed by atoms with E-state index in [1.807, 2.05) is 0 Å². The molecule has 0 fully saturated rings. The van der Waals surface area contributed by atoms with Gasteiger partial charge in [0.2, 0.25) is 0 Å². The molecule has 5 nitrogen and oxygen atoms in total. The number of hydrogen-bond donors (Lipinski definition) is 3. The minimum atomic E-state index is -4.98. The molecular weight excluding hydrogens is 456 g/mol. The zero-order valence-corrected chi connectivity index (χ0v) is 16.6. The summed E-state index contributed by atoms with van der Waals surface area (Å²) in [5, 5.41) is 18.3. The van der Waals surface area contributed by atoms with E-state index >= 15 is 0 Å². The highest BCUT2D eigenvalue weighted by molar-refractivity contribution is 5.85. The summed E-state index contributed by atoms with van der Waals surface area (Å²) in [7, 11) is 0. The van der Waals surface area contributed by atoms with Gasteiger partial charge >= 0.3 is 12.4 Å². The third-order valence-electron chi connectivity index (χ3n) is 3.87. The van der Waals surface area contributed by atoms with Crippen LogP contribution in [0.15, 0.2) is 42.5 Å². The molecule has 2 atom stereocenters. The molecule has 0 heterocycles. The van der Waals surface area contributed by atoms with Crippen LogP contribution in [0, 0.1) is 0 Å². The summed E-state index contributed by atoms with van der Waals surface area (Å²) in [6.45, 7) is -0.217. The highest BCUT2D eigenvalue weighted by Crippen LogP contribution is 2.39. The lowest BCUT2D eigenvalue weighted by molar-refractivity contribution is -0.143. The van der Waals surface area contributed by atoms with Gasteiger partial charge in [0.05, 0.1) is 17.2 Å². The average Bonchev–Trinajstić information content (AvgIpc) is 2.61. The largest absolute Gasteiger partial charge is 0.475 e. The van der Waals surface area contributed by atoms with Gasteiger partial charge in [0.15, 0.2) is 0 Å². The van der Waals surface area contributed by atoms with Crippen molar-refractivity contribution in [2.45, 2.75) is 37.5 Å². The summed E-state index contributed by atoms with van der Waals surface area (Å²) < 4.78 is 87.9. The maximum absolute atomic E-state index is 12.9. The molecule has 12 heteroatoms. The molecule has 2 unspecified atom stereocenters. The van der Waals surface area contributed by atoms with Crippen molar-refractivity contribution >= 4 is 12.4 Å². The number of benzene rings is 2. The Balaban J connectivity index is 0.00000480. The van der Waals surface area contributed by atoms with E-state index in [1.165, 1.54) is 24.3 Å². The highest BCUT2D eigenvalue weighted by atomic mass is 35.5. The Bertz CT molecular complexity index is 797. The van der Waals surface area contributed by atoms with Gasteiger partial charge in [-0.2, -0.15) is 26.3 Å². The minimum absolute atomic E-state index is 0. The van der Waals surface area contributed by atoms with Gasteiger partial charge in [-0.15, -0.1) is 12.4 Å². The molecule has 0 amide bonds. The fourth-order valence-electron chi connectivity index (χ4n) is 2.47. The van der Waals surface area contributed by atoms with E-state index in [0.717, 1.165) is 0 Å². The SMILES string of the molecule is Cl.NC(CC(O)CCO)Oc1ccc(Oc2cc(C(F)(F)F)cc(C(F)(F)F)c2)cc1. The molecule has 0 aliphatic heterocycles. The third kappa shape index (κ3) is 8.44. The first-order valence-electron chi connectivity index (χ1n) is 8.67. The molecule has 2 aromatic carbocycles. The van der Waals surface area contributed by atoms with Gasteiger partial charge in [0.1, 0.15) is 23.5 Å². The Labute approximate surface area is 179 Å². The first kappa shape index (κ1) is 26.8. The first-order valence-corrected chi connectivity index (χ1v) is 8.67. The molecule has 174 valence electrons. The van der Waals surface area contributed by atoms with E-state index in [9.17, 15) is 31.4 Å². The van der Waals surface area contributed by atoms with E-state index in [4.69, 9.17) is 20.3 Å². The lowest BCUT2D eigenvalue weighted by Gasteiger charge is -2.18. The summed E-state index contributed by atoms with van der Waals surface area (Å²) in [4.78, 5) is 0. The second kappa shape index (κ2) is 10.9. The molecule has 0 saturated heterocycles. The van der Waals surface area contributed by atoms with Crippen LogP contribution in [-0.2, 0) is 12.4 Å². The molecule has 0 bridgehead atoms. The highest BCUT2D eigenvalue weighted by Gasteiger charge is 2.37. The van der Waals surface area contributed by atoms with Crippen LogP contribution in [0.4, 0.5) is 26.3 Å². The first-order chi connectivity index (χ1) is 13.9. The zero-order valence-electron chi connectivity index (χ0n) is 15.8. The van der Waals surface area contributed by atoms with Crippen LogP contribution in [0.2, 0.25) is 0 Å². The molecule has 2 rings (SSSR count). The van der Waals surface area contributed by atoms with E-state index in [-0.39, 0.29) is 49.4 Å². The molecular formula is C19H20ClF6NO4. The van der Waals surface area contributed by atoms with Crippen molar-refractivity contribution in [2.24, 2.45) is 5.73 Å². The van der Waals surface area contributed by atoms with Crippen molar-refractivity contribution in [3.05, 3.63) is 53.6 Å². The zero-order chi connectivity index (χ0) is 22.5. The van der Waals surface area contributed by atoms with E-state index in [0.29, 0.717) is 12.1 Å². The normalized spacial score (nSPS) is 13.8. The second-order valence-electron chi connectivity index (χ2n) is 6.37. The fourth-order valence-corrected chi connectivity index (χ4v) is 2.47. The van der Waals surface area contributed by atoms with Crippen LogP contribution < -0.4 is 15.2 Å². The van der Waals surface area contributed by atoms with Crippen molar-refractivity contribution in [3.8, 4) is 17.2 Å². The van der Waals surface area contributed by atoms with Crippen molar-refractivity contribution < 1.29 is 46.0 Å². The van der Waals surface area contributed by atoms with Gasteiger partial charge in [-0.25, -0.2) is 0 Å². The van der Waals surface area contributed by atoms with Crippen LogP contribution in [0.1, 0.15) is 24.0 Å². The average molecular weight is 476 g/mol. The summed E-state index contributed by atoms with van der Waals surface area (Å²) in [5.74, 6) is -0.413. The summed E-state index contributed by atoms with van der Waals surface area (Å²) in [6.07, 6.45) is -11.5. The number of rotatable bonds is 8. The molecule has 0 radical (unpaired) electrons. The van der Waals surface area contributed by atoms with Crippen molar-refractivity contribution in [1.29, 1.82) is 0 Å². The number of nitrogens with two attached hydrogens (primary N) is 1. The standard InChI is InChI=1S/C19H19F6NO4.ClH/c20-18(21,22)11-7-12(19(23,24)25)9-16(8-11)29-14-1-3-15(4-2-14)30-17(26)10-13(28)5-6-27;/h1-4,7-9,13,17,27-28H,5-6,10,26H2;1H. The predicted molar refractivity (Wildman–Crippen MR) is 101 cm³/mol. The molecule has 2 aromatic rings. The van der Waals surface area contributed by atoms with Crippen LogP contribution in [0.25, 0.3) is 0 Å². The molecule has 0 spiro atoms. The van der Waals surface area contributed by atoms with Crippen molar-refractivity contribution in [1.82, 2.24) is 0 Å². The number of alkyl halides is 6. The van der Waals surface area contributed by atoms with E-state index in [1.54, 1.807) is 0 Å². The number of halogens is 7. The number of hydrogen-bond acceptors (Lipinski definition) is 5. The summed E-state index contributed by atoms with van der Waals surface area (Å²) in [5.41, 5.74) is 2.73. The maximum atomic E-state index is 12.9. The van der Waals surface area contributed by atoms with Gasteiger partial charge in [0, 0.05) is 13.0 Å². The Morgan fingerprint density at radius 3 is 1.77 bits per heavy atom. The lowest BCUT2D eigenvalue weighted by Crippen LogP contribution is -2.32. The minimum Gasteiger partial charge on any atom is -0.475 e. The Kier molecular flexibility index (Phi) is 9.43. The number of aliphatic hydroxyl groups is 2. The molecule has 0 saturated carbocycles. The quantitative estimate of drug-likeness (QED) is 0.379. The van der Waals surface area contributed by atoms with E-state index in [2.05, 4.69) is 0 Å². The molecule has 31 heavy (non-hydrogen) atoms. The van der Waals surface area contributed by atoms with E-state index < -0.39 is 41.6 Å². The Morgan fingerprint density at radius 2 is 1.32 bits per heavy atom. The number of ether oxygens (including phenoxy) is 2.